The first kappa shape index (κ1) is 18.2. The lowest BCUT2D eigenvalue weighted by molar-refractivity contribution is -0.120. The fourth-order valence-electron chi connectivity index (χ4n) is 2.82. The minimum Gasteiger partial charge on any atom is -0.352 e. The number of hydrogen-bond acceptors (Lipinski definition) is 4. The number of nitrogens with one attached hydrogen (secondary N) is 3. The minimum atomic E-state index is -0.0419. The van der Waals surface area contributed by atoms with Crippen LogP contribution in [0.2, 0.25) is 0 Å². The van der Waals surface area contributed by atoms with Crippen molar-refractivity contribution in [3.05, 3.63) is 11.6 Å². The standard InChI is InChI=1S/C16H29N7O/c1-10(2)15-22-21-13-7-6-12(9-23(13)15)20-16(17-5)18-8-14(24)19-11(3)4/h10-12H,6-9H2,1-5H3,(H,19,24)(H2,17,18,20). The smallest absolute Gasteiger partial charge is 0.239 e. The summed E-state index contributed by atoms with van der Waals surface area (Å²) in [4.78, 5) is 15.9. The molecule has 0 saturated carbocycles. The summed E-state index contributed by atoms with van der Waals surface area (Å²) >= 11 is 0. The second kappa shape index (κ2) is 8.12. The first-order valence-electron chi connectivity index (χ1n) is 8.59. The van der Waals surface area contributed by atoms with Gasteiger partial charge in [0, 0.05) is 38.0 Å². The maximum atomic E-state index is 11.7. The second-order valence-corrected chi connectivity index (χ2v) is 6.77. The number of nitrogens with zero attached hydrogens (tertiary/aromatic N) is 4. The molecule has 0 radical (unpaired) electrons. The minimum absolute atomic E-state index is 0.0419. The molecular formula is C16H29N7O. The molecule has 2 heterocycles. The summed E-state index contributed by atoms with van der Waals surface area (Å²) in [5.74, 6) is 3.02. The molecule has 0 fully saturated rings. The molecule has 3 N–H and O–H groups in total. The molecule has 24 heavy (non-hydrogen) atoms. The Morgan fingerprint density at radius 3 is 2.71 bits per heavy atom. The molecule has 134 valence electrons. The van der Waals surface area contributed by atoms with E-state index in [4.69, 9.17) is 0 Å². The molecule has 1 aromatic heterocycles. The van der Waals surface area contributed by atoms with Crippen LogP contribution in [0.1, 0.15) is 51.7 Å². The molecule has 0 bridgehead atoms. The lowest BCUT2D eigenvalue weighted by Crippen LogP contribution is -2.49. The Morgan fingerprint density at radius 1 is 1.33 bits per heavy atom. The first-order valence-corrected chi connectivity index (χ1v) is 8.59. The highest BCUT2D eigenvalue weighted by molar-refractivity contribution is 5.86. The SMILES string of the molecule is CN=C(NCC(=O)NC(C)C)NC1CCc2nnc(C(C)C)n2C1. The molecule has 0 aromatic carbocycles. The Hall–Kier alpha value is -2.12. The van der Waals surface area contributed by atoms with E-state index >= 15 is 0 Å². The number of guanidine groups is 1. The maximum Gasteiger partial charge on any atom is 0.239 e. The Bertz CT molecular complexity index is 591. The summed E-state index contributed by atoms with van der Waals surface area (Å²) in [5.41, 5.74) is 0. The molecular weight excluding hydrogens is 306 g/mol. The molecule has 0 aliphatic carbocycles. The van der Waals surface area contributed by atoms with Crippen LogP contribution in [0, 0.1) is 0 Å². The van der Waals surface area contributed by atoms with E-state index in [-0.39, 0.29) is 24.5 Å². The van der Waals surface area contributed by atoms with E-state index in [0.29, 0.717) is 11.9 Å². The molecule has 1 aromatic rings. The fourth-order valence-corrected chi connectivity index (χ4v) is 2.82. The number of aryl methyl sites for hydroxylation is 1. The van der Waals surface area contributed by atoms with Gasteiger partial charge in [0.2, 0.25) is 5.91 Å². The number of fused-ring (bicyclic) bond motifs is 1. The summed E-state index contributed by atoms with van der Waals surface area (Å²) in [6, 6.07) is 0.375. The first-order chi connectivity index (χ1) is 11.4. The molecule has 1 aliphatic heterocycles. The van der Waals surface area contributed by atoms with E-state index in [1.807, 2.05) is 13.8 Å². The lowest BCUT2D eigenvalue weighted by atomic mass is 10.1. The predicted octanol–water partition coefficient (Wildman–Crippen LogP) is 0.406. The molecule has 1 aliphatic rings. The van der Waals surface area contributed by atoms with Crippen LogP contribution >= 0.6 is 0 Å². The highest BCUT2D eigenvalue weighted by Gasteiger charge is 2.24. The number of hydrogen-bond donors (Lipinski definition) is 3. The van der Waals surface area contributed by atoms with Crippen molar-refractivity contribution in [1.29, 1.82) is 0 Å². The molecule has 2 rings (SSSR count). The monoisotopic (exact) mass is 335 g/mol. The number of amides is 1. The zero-order chi connectivity index (χ0) is 17.7. The number of aromatic nitrogens is 3. The Morgan fingerprint density at radius 2 is 2.08 bits per heavy atom. The Kier molecular flexibility index (Phi) is 6.16. The van der Waals surface area contributed by atoms with Crippen molar-refractivity contribution in [3.63, 3.8) is 0 Å². The summed E-state index contributed by atoms with van der Waals surface area (Å²) in [6.45, 7) is 9.16. The molecule has 1 atom stereocenters. The van der Waals surface area contributed by atoms with Gasteiger partial charge < -0.3 is 20.5 Å². The van der Waals surface area contributed by atoms with Gasteiger partial charge in [-0.1, -0.05) is 13.8 Å². The van der Waals surface area contributed by atoms with E-state index in [1.54, 1.807) is 7.05 Å². The van der Waals surface area contributed by atoms with E-state index < -0.39 is 0 Å². The Labute approximate surface area is 143 Å². The van der Waals surface area contributed by atoms with Crippen LogP contribution < -0.4 is 16.0 Å². The van der Waals surface area contributed by atoms with Crippen LogP contribution in [0.4, 0.5) is 0 Å². The number of carbonyl (C=O) groups is 1. The average molecular weight is 335 g/mol. The van der Waals surface area contributed by atoms with Crippen molar-refractivity contribution in [2.45, 2.75) is 65.1 Å². The van der Waals surface area contributed by atoms with Gasteiger partial charge in [-0.05, 0) is 20.3 Å². The van der Waals surface area contributed by atoms with Gasteiger partial charge in [-0.15, -0.1) is 10.2 Å². The topological polar surface area (TPSA) is 96.2 Å². The average Bonchev–Trinajstić information content (AvgIpc) is 2.94. The molecule has 8 nitrogen and oxygen atoms in total. The highest BCUT2D eigenvalue weighted by atomic mass is 16.2. The number of rotatable bonds is 5. The summed E-state index contributed by atoms with van der Waals surface area (Å²) < 4.78 is 2.20. The zero-order valence-corrected chi connectivity index (χ0v) is 15.3. The quantitative estimate of drug-likeness (QED) is 0.535. The Balaban J connectivity index is 1.90. The van der Waals surface area contributed by atoms with Gasteiger partial charge in [-0.3, -0.25) is 9.79 Å². The van der Waals surface area contributed by atoms with Gasteiger partial charge >= 0.3 is 0 Å². The predicted molar refractivity (Wildman–Crippen MR) is 94.0 cm³/mol. The van der Waals surface area contributed by atoms with E-state index in [2.05, 4.69) is 49.6 Å². The van der Waals surface area contributed by atoms with Crippen molar-refractivity contribution in [2.24, 2.45) is 4.99 Å². The van der Waals surface area contributed by atoms with Gasteiger partial charge in [0.15, 0.2) is 5.96 Å². The van der Waals surface area contributed by atoms with Crippen LogP contribution in [0.15, 0.2) is 4.99 Å². The van der Waals surface area contributed by atoms with Gasteiger partial charge in [0.1, 0.15) is 11.6 Å². The molecule has 1 unspecified atom stereocenters. The van der Waals surface area contributed by atoms with Crippen molar-refractivity contribution in [3.8, 4) is 0 Å². The normalized spacial score (nSPS) is 17.8. The van der Waals surface area contributed by atoms with Crippen LogP contribution in [-0.4, -0.2) is 52.3 Å². The van der Waals surface area contributed by atoms with Crippen molar-refractivity contribution >= 4 is 11.9 Å². The van der Waals surface area contributed by atoms with Crippen LogP contribution in [-0.2, 0) is 17.8 Å². The lowest BCUT2D eigenvalue weighted by Gasteiger charge is -2.27. The zero-order valence-electron chi connectivity index (χ0n) is 15.3. The van der Waals surface area contributed by atoms with E-state index in [9.17, 15) is 4.79 Å². The fraction of sp³-hybridized carbons (Fsp3) is 0.750. The number of aliphatic imine (C=N–C) groups is 1. The number of carbonyl (C=O) groups excluding carboxylic acids is 1. The van der Waals surface area contributed by atoms with Crippen LogP contribution in [0.25, 0.3) is 0 Å². The van der Waals surface area contributed by atoms with Gasteiger partial charge in [-0.25, -0.2) is 0 Å². The maximum absolute atomic E-state index is 11.7. The summed E-state index contributed by atoms with van der Waals surface area (Å²) in [5, 5.41) is 17.9. The van der Waals surface area contributed by atoms with Gasteiger partial charge in [0.05, 0.1) is 6.54 Å². The molecule has 0 spiro atoms. The third kappa shape index (κ3) is 4.69. The highest BCUT2D eigenvalue weighted by Crippen LogP contribution is 2.19. The van der Waals surface area contributed by atoms with Gasteiger partial charge in [0.25, 0.3) is 0 Å². The van der Waals surface area contributed by atoms with Crippen molar-refractivity contribution in [1.82, 2.24) is 30.7 Å². The molecule has 1 amide bonds. The summed E-state index contributed by atoms with van der Waals surface area (Å²) in [6.07, 6.45) is 1.86. The van der Waals surface area contributed by atoms with Gasteiger partial charge in [-0.2, -0.15) is 0 Å². The van der Waals surface area contributed by atoms with Crippen molar-refractivity contribution < 1.29 is 4.79 Å². The largest absolute Gasteiger partial charge is 0.352 e. The van der Waals surface area contributed by atoms with Crippen LogP contribution in [0.3, 0.4) is 0 Å². The molecule has 0 saturated heterocycles. The molecule has 8 heteroatoms. The van der Waals surface area contributed by atoms with E-state index in [1.165, 1.54) is 0 Å². The third-order valence-corrected chi connectivity index (χ3v) is 3.92. The van der Waals surface area contributed by atoms with E-state index in [0.717, 1.165) is 31.0 Å². The van der Waals surface area contributed by atoms with Crippen LogP contribution in [0.5, 0.6) is 0 Å². The third-order valence-electron chi connectivity index (χ3n) is 3.92. The second-order valence-electron chi connectivity index (χ2n) is 6.77. The van der Waals surface area contributed by atoms with Crippen molar-refractivity contribution in [2.75, 3.05) is 13.6 Å². The summed E-state index contributed by atoms with van der Waals surface area (Å²) in [7, 11) is 1.71.